The Morgan fingerprint density at radius 2 is 2.25 bits per heavy atom. The van der Waals surface area contributed by atoms with E-state index in [2.05, 4.69) is 29.1 Å². The van der Waals surface area contributed by atoms with E-state index in [9.17, 15) is 0 Å². The zero-order chi connectivity index (χ0) is 11.4. The molecule has 3 heteroatoms. The second-order valence-corrected chi connectivity index (χ2v) is 5.17. The Morgan fingerprint density at radius 1 is 1.38 bits per heavy atom. The van der Waals surface area contributed by atoms with Gasteiger partial charge >= 0.3 is 0 Å². The van der Waals surface area contributed by atoms with E-state index in [4.69, 9.17) is 0 Å². The molecule has 0 aromatic carbocycles. The Hall–Kier alpha value is -0.830. The second kappa shape index (κ2) is 5.48. The van der Waals surface area contributed by atoms with Crippen LogP contribution in [0.4, 0.5) is 0 Å². The highest BCUT2D eigenvalue weighted by Gasteiger charge is 2.15. The molecule has 1 aliphatic rings. The lowest BCUT2D eigenvalue weighted by Crippen LogP contribution is -2.28. The minimum absolute atomic E-state index is 0.695. The van der Waals surface area contributed by atoms with Crippen molar-refractivity contribution in [2.24, 2.45) is 5.92 Å². The molecule has 0 aliphatic heterocycles. The molecule has 1 saturated carbocycles. The highest BCUT2D eigenvalue weighted by Crippen LogP contribution is 2.22. The van der Waals surface area contributed by atoms with Gasteiger partial charge in [-0.3, -0.25) is 0 Å². The average molecular weight is 221 g/mol. The van der Waals surface area contributed by atoms with Gasteiger partial charge in [-0.05, 0) is 32.1 Å². The molecule has 16 heavy (non-hydrogen) atoms. The lowest BCUT2D eigenvalue weighted by molar-refractivity contribution is 0.445. The van der Waals surface area contributed by atoms with Crippen LogP contribution in [0.2, 0.25) is 0 Å². The first kappa shape index (κ1) is 11.6. The Bertz CT molecular complexity index is 319. The summed E-state index contributed by atoms with van der Waals surface area (Å²) in [5, 5.41) is 3.64. The number of aromatic amines is 1. The highest BCUT2D eigenvalue weighted by atomic mass is 15.0. The van der Waals surface area contributed by atoms with Crippen molar-refractivity contribution in [3.8, 4) is 0 Å². The molecule has 2 atom stereocenters. The van der Waals surface area contributed by atoms with Gasteiger partial charge in [0.25, 0.3) is 0 Å². The van der Waals surface area contributed by atoms with Gasteiger partial charge < -0.3 is 10.3 Å². The number of hydrogen-bond donors (Lipinski definition) is 2. The van der Waals surface area contributed by atoms with E-state index < -0.39 is 0 Å². The van der Waals surface area contributed by atoms with Crippen LogP contribution in [0.25, 0.3) is 0 Å². The summed E-state index contributed by atoms with van der Waals surface area (Å²) in [6.45, 7) is 5.37. The monoisotopic (exact) mass is 221 g/mol. The summed E-state index contributed by atoms with van der Waals surface area (Å²) in [6.07, 6.45) is 8.58. The first-order chi connectivity index (χ1) is 7.75. The maximum absolute atomic E-state index is 4.32. The standard InChI is InChI=1S/C13H23N3/c1-10-4-3-5-12(7-6-10)14-8-13-11(2)15-9-16-13/h9-10,12,14H,3-8H2,1-2H3,(H,15,16). The smallest absolute Gasteiger partial charge is 0.0925 e. The van der Waals surface area contributed by atoms with Crippen molar-refractivity contribution in [2.75, 3.05) is 0 Å². The fraction of sp³-hybridized carbons (Fsp3) is 0.769. The van der Waals surface area contributed by atoms with Gasteiger partial charge in [0, 0.05) is 18.3 Å². The van der Waals surface area contributed by atoms with Gasteiger partial charge in [0.15, 0.2) is 0 Å². The van der Waals surface area contributed by atoms with E-state index in [-0.39, 0.29) is 0 Å². The minimum Gasteiger partial charge on any atom is -0.348 e. The molecule has 1 aromatic heterocycles. The summed E-state index contributed by atoms with van der Waals surface area (Å²) in [4.78, 5) is 7.45. The number of nitrogens with one attached hydrogen (secondary N) is 2. The van der Waals surface area contributed by atoms with Gasteiger partial charge in [0.05, 0.1) is 12.0 Å². The fourth-order valence-corrected chi connectivity index (χ4v) is 2.50. The molecule has 0 saturated heterocycles. The molecule has 1 aromatic rings. The summed E-state index contributed by atoms with van der Waals surface area (Å²) in [5.41, 5.74) is 2.35. The van der Waals surface area contributed by atoms with E-state index in [1.807, 2.05) is 0 Å². The largest absolute Gasteiger partial charge is 0.348 e. The highest BCUT2D eigenvalue weighted by molar-refractivity contribution is 5.08. The van der Waals surface area contributed by atoms with Crippen molar-refractivity contribution in [1.29, 1.82) is 0 Å². The molecule has 0 amide bonds. The van der Waals surface area contributed by atoms with Crippen molar-refractivity contribution in [3.63, 3.8) is 0 Å². The van der Waals surface area contributed by atoms with E-state index in [0.29, 0.717) is 6.04 Å². The summed E-state index contributed by atoms with van der Waals surface area (Å²) >= 11 is 0. The van der Waals surface area contributed by atoms with Gasteiger partial charge in [-0.1, -0.05) is 19.8 Å². The number of aryl methyl sites for hydroxylation is 1. The van der Waals surface area contributed by atoms with E-state index in [1.54, 1.807) is 6.33 Å². The normalized spacial score (nSPS) is 26.6. The Kier molecular flexibility index (Phi) is 3.99. The van der Waals surface area contributed by atoms with Crippen LogP contribution in [0, 0.1) is 12.8 Å². The molecule has 0 radical (unpaired) electrons. The van der Waals surface area contributed by atoms with Crippen LogP contribution in [0.3, 0.4) is 0 Å². The molecule has 3 nitrogen and oxygen atoms in total. The molecule has 90 valence electrons. The second-order valence-electron chi connectivity index (χ2n) is 5.17. The van der Waals surface area contributed by atoms with Crippen LogP contribution in [-0.2, 0) is 6.54 Å². The average Bonchev–Trinajstić information content (AvgIpc) is 2.55. The molecule has 0 bridgehead atoms. The number of aromatic nitrogens is 2. The first-order valence-corrected chi connectivity index (χ1v) is 6.48. The van der Waals surface area contributed by atoms with Crippen LogP contribution in [0.5, 0.6) is 0 Å². The first-order valence-electron chi connectivity index (χ1n) is 6.48. The van der Waals surface area contributed by atoms with Crippen molar-refractivity contribution >= 4 is 0 Å². The van der Waals surface area contributed by atoms with E-state index in [1.165, 1.54) is 37.8 Å². The van der Waals surface area contributed by atoms with Crippen LogP contribution in [0.1, 0.15) is 50.4 Å². The summed E-state index contributed by atoms with van der Waals surface area (Å²) in [7, 11) is 0. The lowest BCUT2D eigenvalue weighted by atomic mass is 10.0. The zero-order valence-electron chi connectivity index (χ0n) is 10.4. The molecule has 2 rings (SSSR count). The Morgan fingerprint density at radius 3 is 3.00 bits per heavy atom. The predicted octanol–water partition coefficient (Wildman–Crippen LogP) is 2.78. The Labute approximate surface area is 98.1 Å². The third kappa shape index (κ3) is 3.08. The number of rotatable bonds is 3. The van der Waals surface area contributed by atoms with Gasteiger partial charge in [-0.2, -0.15) is 0 Å². The molecule has 2 N–H and O–H groups in total. The SMILES string of the molecule is Cc1[nH]cnc1CNC1CCCC(C)CC1. The van der Waals surface area contributed by atoms with Crippen molar-refractivity contribution in [3.05, 3.63) is 17.7 Å². The van der Waals surface area contributed by atoms with Gasteiger partial charge in [-0.25, -0.2) is 4.98 Å². The maximum atomic E-state index is 4.32. The van der Waals surface area contributed by atoms with E-state index in [0.717, 1.165) is 18.2 Å². The van der Waals surface area contributed by atoms with Crippen molar-refractivity contribution in [1.82, 2.24) is 15.3 Å². The van der Waals surface area contributed by atoms with Gasteiger partial charge in [0.1, 0.15) is 0 Å². The van der Waals surface area contributed by atoms with Crippen LogP contribution in [0.15, 0.2) is 6.33 Å². The maximum Gasteiger partial charge on any atom is 0.0925 e. The summed E-state index contributed by atoms with van der Waals surface area (Å²) in [5.74, 6) is 0.916. The summed E-state index contributed by atoms with van der Waals surface area (Å²) in [6, 6.07) is 0.695. The topological polar surface area (TPSA) is 40.7 Å². The predicted molar refractivity (Wildman–Crippen MR) is 66.2 cm³/mol. The van der Waals surface area contributed by atoms with Crippen molar-refractivity contribution < 1.29 is 0 Å². The third-order valence-electron chi connectivity index (χ3n) is 3.75. The van der Waals surface area contributed by atoms with Crippen LogP contribution < -0.4 is 5.32 Å². The molecule has 2 unspecified atom stereocenters. The van der Waals surface area contributed by atoms with Gasteiger partial charge in [-0.15, -0.1) is 0 Å². The number of hydrogen-bond acceptors (Lipinski definition) is 2. The van der Waals surface area contributed by atoms with Crippen LogP contribution in [-0.4, -0.2) is 16.0 Å². The number of imidazole rings is 1. The molecule has 1 heterocycles. The summed E-state index contributed by atoms with van der Waals surface area (Å²) < 4.78 is 0. The quantitative estimate of drug-likeness (QED) is 0.771. The van der Waals surface area contributed by atoms with Crippen LogP contribution >= 0.6 is 0 Å². The van der Waals surface area contributed by atoms with Crippen molar-refractivity contribution in [2.45, 2.75) is 58.5 Å². The molecule has 0 spiro atoms. The Balaban J connectivity index is 1.79. The lowest BCUT2D eigenvalue weighted by Gasteiger charge is -2.15. The molecular weight excluding hydrogens is 198 g/mol. The number of nitrogens with zero attached hydrogens (tertiary/aromatic N) is 1. The van der Waals surface area contributed by atoms with Gasteiger partial charge in [0.2, 0.25) is 0 Å². The van der Waals surface area contributed by atoms with E-state index >= 15 is 0 Å². The minimum atomic E-state index is 0.695. The third-order valence-corrected chi connectivity index (χ3v) is 3.75. The molecule has 1 aliphatic carbocycles. The zero-order valence-corrected chi connectivity index (χ0v) is 10.4. The molecular formula is C13H23N3. The number of H-pyrrole nitrogens is 1. The fourth-order valence-electron chi connectivity index (χ4n) is 2.50. The molecule has 1 fully saturated rings.